The van der Waals surface area contributed by atoms with Crippen LogP contribution in [0.15, 0.2) is 24.4 Å². The molecule has 1 aliphatic carbocycles. The van der Waals surface area contributed by atoms with Crippen molar-refractivity contribution in [2.24, 2.45) is 0 Å². The summed E-state index contributed by atoms with van der Waals surface area (Å²) in [4.78, 5) is 26.4. The van der Waals surface area contributed by atoms with Gasteiger partial charge in [-0.25, -0.2) is 9.97 Å². The molecular weight excluding hydrogens is 360 g/mol. The zero-order valence-electron chi connectivity index (χ0n) is 16.1. The summed E-state index contributed by atoms with van der Waals surface area (Å²) in [5.74, 6) is 0.805. The van der Waals surface area contributed by atoms with Crippen molar-refractivity contribution in [1.29, 1.82) is 0 Å². The number of carbonyl (C=O) groups is 1. The number of benzene rings is 1. The molecule has 0 N–H and O–H groups in total. The van der Waals surface area contributed by atoms with E-state index in [0.29, 0.717) is 17.1 Å². The molecule has 0 radical (unpaired) electrons. The number of likely N-dealkylation sites (tertiary alicyclic amines) is 1. The predicted molar refractivity (Wildman–Crippen MR) is 108 cm³/mol. The SMILES string of the molecule is Cc1cc(Cl)cc(C(=O)N2CCCC3(CCc4cnc(N(C)C)nc43)C2)c1. The number of halogens is 1. The van der Waals surface area contributed by atoms with E-state index >= 15 is 0 Å². The summed E-state index contributed by atoms with van der Waals surface area (Å²) >= 11 is 6.18. The van der Waals surface area contributed by atoms with E-state index in [2.05, 4.69) is 4.98 Å². The summed E-state index contributed by atoms with van der Waals surface area (Å²) in [6.45, 7) is 3.47. The molecular formula is C21H25ClN4O. The number of amides is 1. The molecule has 2 heterocycles. The second-order valence-electron chi connectivity index (χ2n) is 8.07. The predicted octanol–water partition coefficient (Wildman–Crippen LogP) is 3.62. The topological polar surface area (TPSA) is 49.3 Å². The van der Waals surface area contributed by atoms with Crippen molar-refractivity contribution in [2.75, 3.05) is 32.1 Å². The van der Waals surface area contributed by atoms with E-state index in [4.69, 9.17) is 16.6 Å². The Hall–Kier alpha value is -2.14. The number of anilines is 1. The molecule has 2 aromatic rings. The van der Waals surface area contributed by atoms with E-state index in [-0.39, 0.29) is 11.3 Å². The smallest absolute Gasteiger partial charge is 0.253 e. The van der Waals surface area contributed by atoms with Crippen molar-refractivity contribution in [3.63, 3.8) is 0 Å². The van der Waals surface area contributed by atoms with Crippen LogP contribution >= 0.6 is 11.6 Å². The van der Waals surface area contributed by atoms with Gasteiger partial charge in [-0.05, 0) is 61.9 Å². The molecule has 27 heavy (non-hydrogen) atoms. The van der Waals surface area contributed by atoms with E-state index in [1.807, 2.05) is 49.1 Å². The number of nitrogens with zero attached hydrogens (tertiary/aromatic N) is 4. The van der Waals surface area contributed by atoms with Crippen LogP contribution in [0.4, 0.5) is 5.95 Å². The van der Waals surface area contributed by atoms with E-state index in [9.17, 15) is 4.79 Å². The molecule has 5 nitrogen and oxygen atoms in total. The molecule has 1 atom stereocenters. The molecule has 1 amide bonds. The van der Waals surface area contributed by atoms with E-state index in [1.54, 1.807) is 6.07 Å². The van der Waals surface area contributed by atoms with Gasteiger partial charge in [0.1, 0.15) is 0 Å². The van der Waals surface area contributed by atoms with Gasteiger partial charge < -0.3 is 9.80 Å². The fourth-order valence-electron chi connectivity index (χ4n) is 4.49. The number of aryl methyl sites for hydroxylation is 2. The number of piperidine rings is 1. The molecule has 1 spiro atoms. The zero-order chi connectivity index (χ0) is 19.2. The van der Waals surface area contributed by atoms with Gasteiger partial charge in [-0.3, -0.25) is 4.79 Å². The van der Waals surface area contributed by atoms with Crippen molar-refractivity contribution < 1.29 is 4.79 Å². The molecule has 1 aliphatic heterocycles. The van der Waals surface area contributed by atoms with Crippen LogP contribution in [0, 0.1) is 6.92 Å². The minimum absolute atomic E-state index is 0.0510. The van der Waals surface area contributed by atoms with Gasteiger partial charge in [0.05, 0.1) is 5.69 Å². The van der Waals surface area contributed by atoms with E-state index < -0.39 is 0 Å². The van der Waals surface area contributed by atoms with Crippen LogP contribution < -0.4 is 4.90 Å². The Balaban J connectivity index is 1.64. The number of hydrogen-bond donors (Lipinski definition) is 0. The van der Waals surface area contributed by atoms with Gasteiger partial charge in [0, 0.05) is 49.4 Å². The first-order chi connectivity index (χ1) is 12.9. The molecule has 4 rings (SSSR count). The summed E-state index contributed by atoms with van der Waals surface area (Å²) in [5.41, 5.74) is 4.00. The Labute approximate surface area is 165 Å². The maximum absolute atomic E-state index is 13.2. The monoisotopic (exact) mass is 384 g/mol. The van der Waals surface area contributed by atoms with Gasteiger partial charge >= 0.3 is 0 Å². The van der Waals surface area contributed by atoms with E-state index in [1.165, 1.54) is 5.56 Å². The van der Waals surface area contributed by atoms with Gasteiger partial charge in [0.25, 0.3) is 5.91 Å². The highest BCUT2D eigenvalue weighted by Crippen LogP contribution is 2.44. The van der Waals surface area contributed by atoms with Crippen LogP contribution in [0.5, 0.6) is 0 Å². The first kappa shape index (κ1) is 18.2. The molecule has 6 heteroatoms. The fraction of sp³-hybridized carbons (Fsp3) is 0.476. The summed E-state index contributed by atoms with van der Waals surface area (Å²) in [7, 11) is 3.92. The second kappa shape index (κ2) is 6.79. The number of hydrogen-bond acceptors (Lipinski definition) is 4. The summed E-state index contributed by atoms with van der Waals surface area (Å²) < 4.78 is 0. The molecule has 2 aliphatic rings. The highest BCUT2D eigenvalue weighted by atomic mass is 35.5. The molecule has 1 saturated heterocycles. The largest absolute Gasteiger partial charge is 0.347 e. The third-order valence-electron chi connectivity index (χ3n) is 5.78. The van der Waals surface area contributed by atoms with Gasteiger partial charge in [0.2, 0.25) is 5.95 Å². The number of fused-ring (bicyclic) bond motifs is 2. The van der Waals surface area contributed by atoms with Crippen LogP contribution in [0.2, 0.25) is 5.02 Å². The summed E-state index contributed by atoms with van der Waals surface area (Å²) in [5, 5.41) is 0.611. The summed E-state index contributed by atoms with van der Waals surface area (Å²) in [6.07, 6.45) is 6.05. The van der Waals surface area contributed by atoms with Crippen molar-refractivity contribution in [3.8, 4) is 0 Å². The number of carbonyl (C=O) groups excluding carboxylic acids is 1. The van der Waals surface area contributed by atoms with E-state index in [0.717, 1.165) is 49.4 Å². The highest BCUT2D eigenvalue weighted by molar-refractivity contribution is 6.31. The highest BCUT2D eigenvalue weighted by Gasteiger charge is 2.45. The minimum Gasteiger partial charge on any atom is -0.347 e. The molecule has 1 fully saturated rings. The van der Waals surface area contributed by atoms with Crippen LogP contribution in [0.25, 0.3) is 0 Å². The standard InChI is InChI=1S/C21H25ClN4O/c1-14-9-16(11-17(22)10-14)19(27)26-8-4-6-21(13-26)7-5-15-12-23-20(25(2)3)24-18(15)21/h9-12H,4-8,13H2,1-3H3. The Bertz CT molecular complexity index is 873. The van der Waals surface area contributed by atoms with Crippen molar-refractivity contribution in [1.82, 2.24) is 14.9 Å². The molecule has 0 saturated carbocycles. The molecule has 142 valence electrons. The van der Waals surface area contributed by atoms with Crippen molar-refractivity contribution in [2.45, 2.75) is 38.0 Å². The maximum Gasteiger partial charge on any atom is 0.253 e. The van der Waals surface area contributed by atoms with Crippen LogP contribution in [0.3, 0.4) is 0 Å². The van der Waals surface area contributed by atoms with Crippen molar-refractivity contribution >= 4 is 23.5 Å². The molecule has 1 unspecified atom stereocenters. The first-order valence-corrected chi connectivity index (χ1v) is 9.86. The molecule has 0 bridgehead atoms. The Kier molecular flexibility index (Phi) is 4.58. The molecule has 1 aromatic carbocycles. The van der Waals surface area contributed by atoms with Gasteiger partial charge in [-0.1, -0.05) is 11.6 Å². The third kappa shape index (κ3) is 3.29. The lowest BCUT2D eigenvalue weighted by molar-refractivity contribution is 0.0633. The number of rotatable bonds is 2. The Morgan fingerprint density at radius 2 is 2.07 bits per heavy atom. The van der Waals surface area contributed by atoms with Crippen LogP contribution in [0.1, 0.15) is 46.4 Å². The fourth-order valence-corrected chi connectivity index (χ4v) is 4.78. The van der Waals surface area contributed by atoms with Gasteiger partial charge in [-0.2, -0.15) is 0 Å². The zero-order valence-corrected chi connectivity index (χ0v) is 16.9. The second-order valence-corrected chi connectivity index (χ2v) is 8.50. The first-order valence-electron chi connectivity index (χ1n) is 9.48. The normalized spacial score (nSPS) is 21.4. The Morgan fingerprint density at radius 3 is 2.81 bits per heavy atom. The average molecular weight is 385 g/mol. The quantitative estimate of drug-likeness (QED) is 0.793. The maximum atomic E-state index is 13.2. The summed E-state index contributed by atoms with van der Waals surface area (Å²) in [6, 6.07) is 5.57. The van der Waals surface area contributed by atoms with Gasteiger partial charge in [0.15, 0.2) is 0 Å². The minimum atomic E-state index is -0.0510. The van der Waals surface area contributed by atoms with Crippen molar-refractivity contribution in [3.05, 3.63) is 51.8 Å². The Morgan fingerprint density at radius 1 is 1.26 bits per heavy atom. The third-order valence-corrected chi connectivity index (χ3v) is 6.00. The van der Waals surface area contributed by atoms with Gasteiger partial charge in [-0.15, -0.1) is 0 Å². The van der Waals surface area contributed by atoms with Crippen LogP contribution in [-0.2, 0) is 11.8 Å². The number of aromatic nitrogens is 2. The molecule has 1 aromatic heterocycles. The lowest BCUT2D eigenvalue weighted by Crippen LogP contribution is -2.48. The lowest BCUT2D eigenvalue weighted by Gasteiger charge is -2.40. The average Bonchev–Trinajstić information content (AvgIpc) is 2.97. The van der Waals surface area contributed by atoms with Crippen LogP contribution in [-0.4, -0.2) is 48.0 Å². The lowest BCUT2D eigenvalue weighted by atomic mass is 9.77.